The summed E-state index contributed by atoms with van der Waals surface area (Å²) in [5.74, 6) is 0.410. The Labute approximate surface area is 82.9 Å². The number of rotatable bonds is 1. The van der Waals surface area contributed by atoms with Crippen molar-refractivity contribution in [1.29, 1.82) is 0 Å². The number of aromatic nitrogens is 2. The van der Waals surface area contributed by atoms with Gasteiger partial charge in [0.05, 0.1) is 5.69 Å². The predicted octanol–water partition coefficient (Wildman–Crippen LogP) is 0.323. The van der Waals surface area contributed by atoms with Gasteiger partial charge in [-0.05, 0) is 37.9 Å². The van der Waals surface area contributed by atoms with Crippen LogP contribution in [0.5, 0.6) is 0 Å². The van der Waals surface area contributed by atoms with Gasteiger partial charge in [0.25, 0.3) is 0 Å². The molecule has 1 aromatic heterocycles. The number of aromatic amines is 1. The van der Waals surface area contributed by atoms with E-state index < -0.39 is 5.60 Å². The summed E-state index contributed by atoms with van der Waals surface area (Å²) in [5.41, 5.74) is 0.208. The molecule has 14 heavy (non-hydrogen) atoms. The summed E-state index contributed by atoms with van der Waals surface area (Å²) in [6.07, 6.45) is 3.93. The molecule has 4 heteroatoms. The lowest BCUT2D eigenvalue weighted by molar-refractivity contribution is -0.120. The van der Waals surface area contributed by atoms with E-state index in [-0.39, 0.29) is 0 Å². The molecule has 0 amide bonds. The Bertz CT molecular complexity index is 316. The SMILES string of the molecule is OC1(c2ccn[nH]2)CN2CCC1CC2. The van der Waals surface area contributed by atoms with Crippen LogP contribution in [0.15, 0.2) is 12.3 Å². The molecule has 0 saturated carbocycles. The second kappa shape index (κ2) is 2.81. The van der Waals surface area contributed by atoms with Crippen molar-refractivity contribution in [3.63, 3.8) is 0 Å². The molecule has 4 heterocycles. The van der Waals surface area contributed by atoms with Crippen molar-refractivity contribution >= 4 is 0 Å². The average Bonchev–Trinajstić information content (AvgIpc) is 2.72. The fourth-order valence-electron chi connectivity index (χ4n) is 2.84. The first-order valence-electron chi connectivity index (χ1n) is 5.23. The number of piperidine rings is 3. The molecule has 3 fully saturated rings. The maximum atomic E-state index is 10.6. The molecule has 2 N–H and O–H groups in total. The van der Waals surface area contributed by atoms with Crippen LogP contribution in [-0.2, 0) is 5.60 Å². The highest BCUT2D eigenvalue weighted by atomic mass is 16.3. The fourth-order valence-corrected chi connectivity index (χ4v) is 2.84. The van der Waals surface area contributed by atoms with E-state index in [1.54, 1.807) is 6.20 Å². The number of aliphatic hydroxyl groups is 1. The summed E-state index contributed by atoms with van der Waals surface area (Å²) in [6, 6.07) is 1.89. The summed E-state index contributed by atoms with van der Waals surface area (Å²) < 4.78 is 0. The molecule has 1 aromatic rings. The number of fused-ring (bicyclic) bond motifs is 3. The highest BCUT2D eigenvalue weighted by Crippen LogP contribution is 2.41. The lowest BCUT2D eigenvalue weighted by Crippen LogP contribution is -2.57. The smallest absolute Gasteiger partial charge is 0.121 e. The molecule has 3 saturated heterocycles. The predicted molar refractivity (Wildman–Crippen MR) is 51.6 cm³/mol. The van der Waals surface area contributed by atoms with Gasteiger partial charge < -0.3 is 10.0 Å². The van der Waals surface area contributed by atoms with Gasteiger partial charge in [-0.3, -0.25) is 5.10 Å². The second-order valence-electron chi connectivity index (χ2n) is 4.44. The molecule has 4 rings (SSSR count). The van der Waals surface area contributed by atoms with Crippen LogP contribution < -0.4 is 0 Å². The molecule has 4 nitrogen and oxygen atoms in total. The largest absolute Gasteiger partial charge is 0.382 e. The summed E-state index contributed by atoms with van der Waals surface area (Å²) in [4.78, 5) is 2.33. The topological polar surface area (TPSA) is 52.2 Å². The van der Waals surface area contributed by atoms with Crippen molar-refractivity contribution in [2.75, 3.05) is 19.6 Å². The van der Waals surface area contributed by atoms with E-state index in [2.05, 4.69) is 15.1 Å². The molecule has 0 spiro atoms. The molecule has 76 valence electrons. The van der Waals surface area contributed by atoms with Gasteiger partial charge in [0.2, 0.25) is 0 Å². The summed E-state index contributed by atoms with van der Waals surface area (Å²) in [5, 5.41) is 17.4. The number of nitrogens with one attached hydrogen (secondary N) is 1. The van der Waals surface area contributed by atoms with Crippen molar-refractivity contribution in [3.05, 3.63) is 18.0 Å². The van der Waals surface area contributed by atoms with Gasteiger partial charge in [-0.2, -0.15) is 5.10 Å². The van der Waals surface area contributed by atoms with Gasteiger partial charge in [-0.15, -0.1) is 0 Å². The van der Waals surface area contributed by atoms with Gasteiger partial charge in [-0.25, -0.2) is 0 Å². The van der Waals surface area contributed by atoms with Crippen LogP contribution in [-0.4, -0.2) is 39.8 Å². The minimum absolute atomic E-state index is 0.410. The first kappa shape index (κ1) is 8.44. The van der Waals surface area contributed by atoms with Crippen LogP contribution in [0.2, 0.25) is 0 Å². The average molecular weight is 193 g/mol. The molecule has 0 aromatic carbocycles. The minimum atomic E-state index is -0.674. The lowest BCUT2D eigenvalue weighted by Gasteiger charge is -2.49. The third kappa shape index (κ3) is 1.04. The van der Waals surface area contributed by atoms with Gasteiger partial charge in [0, 0.05) is 12.7 Å². The Morgan fingerprint density at radius 2 is 2.29 bits per heavy atom. The number of H-pyrrole nitrogens is 1. The van der Waals surface area contributed by atoms with Crippen LogP contribution in [0.25, 0.3) is 0 Å². The highest BCUT2D eigenvalue weighted by molar-refractivity contribution is 5.16. The van der Waals surface area contributed by atoms with Crippen molar-refractivity contribution in [1.82, 2.24) is 15.1 Å². The Hall–Kier alpha value is -0.870. The van der Waals surface area contributed by atoms with E-state index in [1.807, 2.05) is 6.07 Å². The van der Waals surface area contributed by atoms with Crippen LogP contribution in [0.3, 0.4) is 0 Å². The zero-order valence-electron chi connectivity index (χ0n) is 8.11. The van der Waals surface area contributed by atoms with Gasteiger partial charge in [0.15, 0.2) is 0 Å². The van der Waals surface area contributed by atoms with E-state index in [1.165, 1.54) is 0 Å². The summed E-state index contributed by atoms with van der Waals surface area (Å²) in [7, 11) is 0. The van der Waals surface area contributed by atoms with Crippen molar-refractivity contribution in [2.24, 2.45) is 5.92 Å². The molecule has 0 aliphatic carbocycles. The molecule has 1 atom stereocenters. The zero-order valence-corrected chi connectivity index (χ0v) is 8.11. The molecule has 1 unspecified atom stereocenters. The van der Waals surface area contributed by atoms with Gasteiger partial charge >= 0.3 is 0 Å². The quantitative estimate of drug-likeness (QED) is 0.675. The third-order valence-electron chi connectivity index (χ3n) is 3.69. The maximum absolute atomic E-state index is 10.6. The van der Waals surface area contributed by atoms with Crippen LogP contribution in [0, 0.1) is 5.92 Å². The number of nitrogens with zero attached hydrogens (tertiary/aromatic N) is 2. The first-order chi connectivity index (χ1) is 6.79. The summed E-state index contributed by atoms with van der Waals surface area (Å²) in [6.45, 7) is 3.04. The second-order valence-corrected chi connectivity index (χ2v) is 4.44. The Kier molecular flexibility index (Phi) is 1.69. The molecule has 2 bridgehead atoms. The van der Waals surface area contributed by atoms with Crippen molar-refractivity contribution in [2.45, 2.75) is 18.4 Å². The highest BCUT2D eigenvalue weighted by Gasteiger charge is 2.47. The molecule has 3 aliphatic rings. The van der Waals surface area contributed by atoms with E-state index >= 15 is 0 Å². The Morgan fingerprint density at radius 3 is 2.79 bits per heavy atom. The molecule has 3 aliphatic heterocycles. The standard InChI is InChI=1S/C10H15N3O/c14-10(9-1-4-11-12-9)7-13-5-2-8(10)3-6-13/h1,4,8,14H,2-3,5-7H2,(H,11,12). The zero-order chi connectivity index (χ0) is 9.60. The number of hydrogen-bond donors (Lipinski definition) is 2. The van der Waals surface area contributed by atoms with E-state index in [0.29, 0.717) is 5.92 Å². The van der Waals surface area contributed by atoms with Crippen LogP contribution in [0.4, 0.5) is 0 Å². The Balaban J connectivity index is 1.96. The Morgan fingerprint density at radius 1 is 1.50 bits per heavy atom. The van der Waals surface area contributed by atoms with Crippen LogP contribution >= 0.6 is 0 Å². The minimum Gasteiger partial charge on any atom is -0.382 e. The summed E-state index contributed by atoms with van der Waals surface area (Å²) >= 11 is 0. The molecule has 0 radical (unpaired) electrons. The third-order valence-corrected chi connectivity index (χ3v) is 3.69. The normalized spacial score (nSPS) is 41.5. The fraction of sp³-hybridized carbons (Fsp3) is 0.700. The van der Waals surface area contributed by atoms with E-state index in [0.717, 1.165) is 38.2 Å². The van der Waals surface area contributed by atoms with Crippen LogP contribution in [0.1, 0.15) is 18.5 Å². The number of hydrogen-bond acceptors (Lipinski definition) is 3. The molecular formula is C10H15N3O. The van der Waals surface area contributed by atoms with E-state index in [4.69, 9.17) is 0 Å². The van der Waals surface area contributed by atoms with Gasteiger partial charge in [-0.1, -0.05) is 0 Å². The maximum Gasteiger partial charge on any atom is 0.121 e. The van der Waals surface area contributed by atoms with Crippen molar-refractivity contribution < 1.29 is 5.11 Å². The van der Waals surface area contributed by atoms with Crippen molar-refractivity contribution in [3.8, 4) is 0 Å². The molecular weight excluding hydrogens is 178 g/mol. The lowest BCUT2D eigenvalue weighted by atomic mass is 9.74. The van der Waals surface area contributed by atoms with Gasteiger partial charge in [0.1, 0.15) is 5.60 Å². The first-order valence-corrected chi connectivity index (χ1v) is 5.23. The van der Waals surface area contributed by atoms with E-state index in [9.17, 15) is 5.11 Å². The monoisotopic (exact) mass is 193 g/mol.